The zero-order valence-electron chi connectivity index (χ0n) is 9.20. The van der Waals surface area contributed by atoms with Crippen molar-refractivity contribution in [1.82, 2.24) is 9.78 Å². The third-order valence-electron chi connectivity index (χ3n) is 2.46. The first-order valence-corrected chi connectivity index (χ1v) is 7.55. The van der Waals surface area contributed by atoms with Crippen LogP contribution in [0.4, 0.5) is 0 Å². The molecule has 0 aliphatic heterocycles. The molecule has 0 fully saturated rings. The smallest absolute Gasteiger partial charge is 0.145 e. The van der Waals surface area contributed by atoms with E-state index in [1.807, 2.05) is 12.1 Å². The molecule has 0 spiro atoms. The van der Waals surface area contributed by atoms with Crippen LogP contribution in [0, 0.1) is 11.3 Å². The Hall–Kier alpha value is -0.640. The van der Waals surface area contributed by atoms with Crippen LogP contribution in [-0.2, 0) is 13.0 Å². The van der Waals surface area contributed by atoms with Crippen molar-refractivity contribution in [2.24, 2.45) is 0 Å². The Bertz CT molecular complexity index is 614. The van der Waals surface area contributed by atoms with E-state index in [2.05, 4.69) is 65.0 Å². The van der Waals surface area contributed by atoms with Gasteiger partial charge in [0.05, 0.1) is 0 Å². The molecule has 0 aliphatic rings. The van der Waals surface area contributed by atoms with Crippen LogP contribution in [0.3, 0.4) is 0 Å². The molecule has 1 aromatic heterocycles. The lowest BCUT2D eigenvalue weighted by atomic mass is 10.1. The highest BCUT2D eigenvalue weighted by molar-refractivity contribution is 9.11. The Kier molecular flexibility index (Phi) is 4.60. The van der Waals surface area contributed by atoms with Crippen LogP contribution in [0.5, 0.6) is 0 Å². The molecule has 1 heterocycles. The van der Waals surface area contributed by atoms with E-state index in [0.717, 1.165) is 21.9 Å². The number of nitrogens with zero attached hydrogens (tertiary/aromatic N) is 3. The minimum Gasteiger partial charge on any atom is -0.270 e. The van der Waals surface area contributed by atoms with Gasteiger partial charge in [0, 0.05) is 21.7 Å². The van der Waals surface area contributed by atoms with Crippen molar-refractivity contribution in [3.63, 3.8) is 0 Å². The quantitative estimate of drug-likeness (QED) is 0.724. The standard InChI is InChI=1S/C12H8Br3N3/c13-10-1-2-11(14)8(5-10)3-4-18-7-9(6-16)12(15)17-18/h1-2,5,7H,3-4H2. The van der Waals surface area contributed by atoms with Crippen molar-refractivity contribution in [3.8, 4) is 6.07 Å². The second-order valence-corrected chi connectivity index (χ2v) is 6.22. The molecular formula is C12H8Br3N3. The molecule has 3 nitrogen and oxygen atoms in total. The lowest BCUT2D eigenvalue weighted by Gasteiger charge is -2.05. The van der Waals surface area contributed by atoms with Crippen LogP contribution in [0.15, 0.2) is 37.9 Å². The molecule has 1 aromatic carbocycles. The number of aromatic nitrogens is 2. The maximum Gasteiger partial charge on any atom is 0.145 e. The van der Waals surface area contributed by atoms with Gasteiger partial charge in [-0.25, -0.2) is 0 Å². The van der Waals surface area contributed by atoms with Crippen molar-refractivity contribution >= 4 is 47.8 Å². The molecule has 0 unspecified atom stereocenters. The maximum atomic E-state index is 8.85. The molecule has 0 saturated heterocycles. The summed E-state index contributed by atoms with van der Waals surface area (Å²) in [5, 5.41) is 13.1. The Morgan fingerprint density at radius 1 is 1.28 bits per heavy atom. The third kappa shape index (κ3) is 3.22. The van der Waals surface area contributed by atoms with Crippen molar-refractivity contribution in [3.05, 3.63) is 49.1 Å². The van der Waals surface area contributed by atoms with Gasteiger partial charge in [0.1, 0.15) is 16.2 Å². The van der Waals surface area contributed by atoms with Crippen molar-refractivity contribution in [2.75, 3.05) is 0 Å². The molecule has 0 bridgehead atoms. The van der Waals surface area contributed by atoms with Crippen LogP contribution in [0.25, 0.3) is 0 Å². The third-order valence-corrected chi connectivity index (χ3v) is 4.31. The van der Waals surface area contributed by atoms with E-state index in [0.29, 0.717) is 10.2 Å². The normalized spacial score (nSPS) is 10.3. The predicted octanol–water partition coefficient (Wildman–Crippen LogP) is 4.28. The van der Waals surface area contributed by atoms with Gasteiger partial charge in [0.2, 0.25) is 0 Å². The van der Waals surface area contributed by atoms with Crippen molar-refractivity contribution < 1.29 is 0 Å². The average Bonchev–Trinajstić information content (AvgIpc) is 2.71. The summed E-state index contributed by atoms with van der Waals surface area (Å²) in [5.74, 6) is 0. The second-order valence-electron chi connectivity index (χ2n) is 3.69. The average molecular weight is 434 g/mol. The van der Waals surface area contributed by atoms with Crippen LogP contribution in [0.2, 0.25) is 0 Å². The topological polar surface area (TPSA) is 41.6 Å². The highest BCUT2D eigenvalue weighted by atomic mass is 79.9. The first-order chi connectivity index (χ1) is 8.60. The predicted molar refractivity (Wildman–Crippen MR) is 80.2 cm³/mol. The Balaban J connectivity index is 2.11. The van der Waals surface area contributed by atoms with Gasteiger partial charge >= 0.3 is 0 Å². The number of aryl methyl sites for hydroxylation is 2. The van der Waals surface area contributed by atoms with E-state index >= 15 is 0 Å². The Morgan fingerprint density at radius 2 is 2.06 bits per heavy atom. The second kappa shape index (κ2) is 6.00. The Morgan fingerprint density at radius 3 is 2.72 bits per heavy atom. The molecule has 0 N–H and O–H groups in total. The summed E-state index contributed by atoms with van der Waals surface area (Å²) in [4.78, 5) is 0. The molecule has 0 aliphatic carbocycles. The minimum atomic E-state index is 0.559. The molecule has 2 aromatic rings. The molecule has 0 radical (unpaired) electrons. The summed E-state index contributed by atoms with van der Waals surface area (Å²) in [5.41, 5.74) is 1.76. The number of hydrogen-bond acceptors (Lipinski definition) is 2. The van der Waals surface area contributed by atoms with Gasteiger partial charge in [-0.05, 0) is 46.1 Å². The molecule has 6 heteroatoms. The van der Waals surface area contributed by atoms with Gasteiger partial charge in [-0.1, -0.05) is 31.9 Å². The van der Waals surface area contributed by atoms with Crippen LogP contribution in [-0.4, -0.2) is 9.78 Å². The van der Waals surface area contributed by atoms with Gasteiger partial charge < -0.3 is 0 Å². The molecule has 2 rings (SSSR count). The lowest BCUT2D eigenvalue weighted by Crippen LogP contribution is -2.02. The first-order valence-electron chi connectivity index (χ1n) is 5.17. The molecule has 0 amide bonds. The Labute approximate surface area is 130 Å². The highest BCUT2D eigenvalue weighted by Gasteiger charge is 2.06. The van der Waals surface area contributed by atoms with Gasteiger partial charge in [-0.2, -0.15) is 10.4 Å². The lowest BCUT2D eigenvalue weighted by molar-refractivity contribution is 0.610. The summed E-state index contributed by atoms with van der Waals surface area (Å²) in [6.07, 6.45) is 2.59. The van der Waals surface area contributed by atoms with E-state index < -0.39 is 0 Å². The number of rotatable bonds is 3. The van der Waals surface area contributed by atoms with E-state index in [4.69, 9.17) is 5.26 Å². The number of hydrogen-bond donors (Lipinski definition) is 0. The van der Waals surface area contributed by atoms with Crippen LogP contribution < -0.4 is 0 Å². The van der Waals surface area contributed by atoms with E-state index in [1.165, 1.54) is 5.56 Å². The maximum absolute atomic E-state index is 8.85. The number of nitriles is 1. The van der Waals surface area contributed by atoms with E-state index in [1.54, 1.807) is 10.9 Å². The fourth-order valence-electron chi connectivity index (χ4n) is 1.56. The van der Waals surface area contributed by atoms with Crippen molar-refractivity contribution in [2.45, 2.75) is 13.0 Å². The number of benzene rings is 1. The van der Waals surface area contributed by atoms with E-state index in [-0.39, 0.29) is 0 Å². The minimum absolute atomic E-state index is 0.559. The fourth-order valence-corrected chi connectivity index (χ4v) is 2.81. The largest absolute Gasteiger partial charge is 0.270 e. The SMILES string of the molecule is N#Cc1cn(CCc2cc(Br)ccc2Br)nc1Br. The zero-order chi connectivity index (χ0) is 13.1. The molecular weight excluding hydrogens is 426 g/mol. The van der Waals surface area contributed by atoms with Crippen molar-refractivity contribution in [1.29, 1.82) is 5.26 Å². The van der Waals surface area contributed by atoms with Gasteiger partial charge in [-0.15, -0.1) is 0 Å². The summed E-state index contributed by atoms with van der Waals surface area (Å²) in [6, 6.07) is 8.17. The molecule has 92 valence electrons. The summed E-state index contributed by atoms with van der Waals surface area (Å²) in [7, 11) is 0. The highest BCUT2D eigenvalue weighted by Crippen LogP contribution is 2.22. The van der Waals surface area contributed by atoms with Gasteiger partial charge in [0.15, 0.2) is 0 Å². The van der Waals surface area contributed by atoms with Crippen LogP contribution in [0.1, 0.15) is 11.1 Å². The molecule has 18 heavy (non-hydrogen) atoms. The zero-order valence-corrected chi connectivity index (χ0v) is 14.0. The van der Waals surface area contributed by atoms with Crippen LogP contribution >= 0.6 is 47.8 Å². The number of halogens is 3. The summed E-state index contributed by atoms with van der Waals surface area (Å²) < 4.78 is 4.51. The fraction of sp³-hybridized carbons (Fsp3) is 0.167. The van der Waals surface area contributed by atoms with Gasteiger partial charge in [-0.3, -0.25) is 4.68 Å². The molecule has 0 saturated carbocycles. The summed E-state index contributed by atoms with van der Waals surface area (Å²) in [6.45, 7) is 0.731. The van der Waals surface area contributed by atoms with Gasteiger partial charge in [0.25, 0.3) is 0 Å². The first kappa shape index (κ1) is 13.8. The summed E-state index contributed by atoms with van der Waals surface area (Å²) >= 11 is 10.2. The monoisotopic (exact) mass is 431 g/mol. The molecule has 0 atom stereocenters. The van der Waals surface area contributed by atoms with E-state index in [9.17, 15) is 0 Å².